The van der Waals surface area contributed by atoms with Gasteiger partial charge < -0.3 is 14.9 Å². The van der Waals surface area contributed by atoms with Crippen LogP contribution >= 0.6 is 0 Å². The van der Waals surface area contributed by atoms with Gasteiger partial charge in [0.1, 0.15) is 0 Å². The lowest BCUT2D eigenvalue weighted by atomic mass is 10.2. The number of piperazine rings is 1. The number of hydrogen-bond acceptors (Lipinski definition) is 6. The SMILES string of the molecule is Cc1ccnc(N(C)CC(O)CN2CCN(C)CC2)n1. The largest absolute Gasteiger partial charge is 0.390 e. The van der Waals surface area contributed by atoms with Crippen LogP contribution in [0.3, 0.4) is 0 Å². The van der Waals surface area contributed by atoms with Crippen LogP contribution in [0.5, 0.6) is 0 Å². The molecule has 1 fully saturated rings. The summed E-state index contributed by atoms with van der Waals surface area (Å²) >= 11 is 0. The maximum absolute atomic E-state index is 10.2. The number of aliphatic hydroxyl groups excluding tert-OH is 1. The molecule has 1 aromatic rings. The second-order valence-electron chi connectivity index (χ2n) is 5.64. The molecule has 1 aliphatic heterocycles. The summed E-state index contributed by atoms with van der Waals surface area (Å²) in [5.41, 5.74) is 0.940. The minimum atomic E-state index is -0.382. The van der Waals surface area contributed by atoms with Crippen molar-refractivity contribution in [2.24, 2.45) is 0 Å². The molecule has 0 radical (unpaired) electrons. The zero-order valence-corrected chi connectivity index (χ0v) is 12.7. The van der Waals surface area contributed by atoms with E-state index >= 15 is 0 Å². The van der Waals surface area contributed by atoms with Gasteiger partial charge >= 0.3 is 0 Å². The highest BCUT2D eigenvalue weighted by molar-refractivity contribution is 5.28. The topological polar surface area (TPSA) is 55.7 Å². The molecule has 1 aromatic heterocycles. The molecular weight excluding hydrogens is 254 g/mol. The molecular formula is C14H25N5O. The van der Waals surface area contributed by atoms with Crippen LogP contribution in [-0.4, -0.2) is 84.3 Å². The molecule has 6 heteroatoms. The Labute approximate surface area is 121 Å². The smallest absolute Gasteiger partial charge is 0.225 e. The van der Waals surface area contributed by atoms with E-state index in [0.29, 0.717) is 19.0 Å². The number of aromatic nitrogens is 2. The molecule has 1 unspecified atom stereocenters. The Kier molecular flexibility index (Phi) is 5.28. The first-order chi connectivity index (χ1) is 9.54. The number of aryl methyl sites for hydroxylation is 1. The first kappa shape index (κ1) is 15.2. The van der Waals surface area contributed by atoms with Crippen LogP contribution in [0.1, 0.15) is 5.69 Å². The van der Waals surface area contributed by atoms with Crippen molar-refractivity contribution < 1.29 is 5.11 Å². The molecule has 6 nitrogen and oxygen atoms in total. The molecule has 0 aromatic carbocycles. The van der Waals surface area contributed by atoms with Crippen LogP contribution in [0.4, 0.5) is 5.95 Å². The van der Waals surface area contributed by atoms with E-state index in [0.717, 1.165) is 31.9 Å². The molecule has 0 saturated carbocycles. The molecule has 0 bridgehead atoms. The Hall–Kier alpha value is -1.24. The van der Waals surface area contributed by atoms with Gasteiger partial charge in [0.2, 0.25) is 5.95 Å². The fourth-order valence-corrected chi connectivity index (χ4v) is 2.40. The molecule has 20 heavy (non-hydrogen) atoms. The second-order valence-corrected chi connectivity index (χ2v) is 5.64. The van der Waals surface area contributed by atoms with E-state index in [1.54, 1.807) is 6.20 Å². The van der Waals surface area contributed by atoms with Crippen LogP contribution in [0, 0.1) is 6.92 Å². The fourth-order valence-electron chi connectivity index (χ4n) is 2.40. The van der Waals surface area contributed by atoms with Gasteiger partial charge in [-0.1, -0.05) is 0 Å². The molecule has 112 valence electrons. The Balaban J connectivity index is 1.80. The van der Waals surface area contributed by atoms with Gasteiger partial charge in [0.05, 0.1) is 6.10 Å². The molecule has 0 spiro atoms. The molecule has 0 aliphatic carbocycles. The monoisotopic (exact) mass is 279 g/mol. The van der Waals surface area contributed by atoms with Gasteiger partial charge in [-0.2, -0.15) is 0 Å². The summed E-state index contributed by atoms with van der Waals surface area (Å²) in [6.45, 7) is 7.41. The zero-order chi connectivity index (χ0) is 14.5. The summed E-state index contributed by atoms with van der Waals surface area (Å²) in [6, 6.07) is 1.87. The minimum Gasteiger partial charge on any atom is -0.390 e. The summed E-state index contributed by atoms with van der Waals surface area (Å²) in [7, 11) is 4.05. The van der Waals surface area contributed by atoms with Gasteiger partial charge in [-0.15, -0.1) is 0 Å². The third-order valence-electron chi connectivity index (χ3n) is 3.67. The van der Waals surface area contributed by atoms with E-state index in [-0.39, 0.29) is 6.10 Å². The molecule has 1 saturated heterocycles. The molecule has 1 N–H and O–H groups in total. The van der Waals surface area contributed by atoms with E-state index in [2.05, 4.69) is 26.8 Å². The highest BCUT2D eigenvalue weighted by Crippen LogP contribution is 2.07. The van der Waals surface area contributed by atoms with E-state index in [1.165, 1.54) is 0 Å². The first-order valence-electron chi connectivity index (χ1n) is 7.14. The van der Waals surface area contributed by atoms with Crippen LogP contribution < -0.4 is 4.90 Å². The Bertz CT molecular complexity index is 420. The fraction of sp³-hybridized carbons (Fsp3) is 0.714. The summed E-state index contributed by atoms with van der Waals surface area (Å²) in [4.78, 5) is 15.1. The summed E-state index contributed by atoms with van der Waals surface area (Å²) < 4.78 is 0. The third kappa shape index (κ3) is 4.40. The molecule has 1 atom stereocenters. The van der Waals surface area contributed by atoms with Crippen LogP contribution in [-0.2, 0) is 0 Å². The molecule has 0 amide bonds. The van der Waals surface area contributed by atoms with Crippen molar-refractivity contribution >= 4 is 5.95 Å². The van der Waals surface area contributed by atoms with E-state index in [1.807, 2.05) is 24.9 Å². The molecule has 1 aliphatic rings. The summed E-state index contributed by atoms with van der Waals surface area (Å²) in [5, 5.41) is 10.2. The average molecular weight is 279 g/mol. The molecule has 2 heterocycles. The minimum absolute atomic E-state index is 0.382. The van der Waals surface area contributed by atoms with Gasteiger partial charge in [-0.25, -0.2) is 9.97 Å². The van der Waals surface area contributed by atoms with E-state index in [9.17, 15) is 5.11 Å². The second kappa shape index (κ2) is 6.97. The summed E-state index contributed by atoms with van der Waals surface area (Å²) in [5.74, 6) is 0.669. The van der Waals surface area contributed by atoms with Gasteiger partial charge in [0.15, 0.2) is 0 Å². The van der Waals surface area contributed by atoms with Crippen molar-refractivity contribution in [3.8, 4) is 0 Å². The predicted molar refractivity (Wildman–Crippen MR) is 80.0 cm³/mol. The Morgan fingerprint density at radius 3 is 2.70 bits per heavy atom. The number of anilines is 1. The molecule has 2 rings (SSSR count). The van der Waals surface area contributed by atoms with Crippen LogP contribution in [0.25, 0.3) is 0 Å². The lowest BCUT2D eigenvalue weighted by Gasteiger charge is -2.34. The van der Waals surface area contributed by atoms with E-state index < -0.39 is 0 Å². The third-order valence-corrected chi connectivity index (χ3v) is 3.67. The zero-order valence-electron chi connectivity index (χ0n) is 12.7. The first-order valence-corrected chi connectivity index (χ1v) is 7.14. The average Bonchev–Trinajstić information content (AvgIpc) is 2.41. The van der Waals surface area contributed by atoms with Crippen LogP contribution in [0.15, 0.2) is 12.3 Å². The summed E-state index contributed by atoms with van der Waals surface area (Å²) in [6.07, 6.45) is 1.37. The number of aliphatic hydroxyl groups is 1. The van der Waals surface area contributed by atoms with E-state index in [4.69, 9.17) is 0 Å². The quantitative estimate of drug-likeness (QED) is 0.807. The van der Waals surface area contributed by atoms with Crippen LogP contribution in [0.2, 0.25) is 0 Å². The highest BCUT2D eigenvalue weighted by atomic mass is 16.3. The standard InChI is InChI=1S/C14H25N5O/c1-12-4-5-15-14(16-12)18(3)10-13(20)11-19-8-6-17(2)7-9-19/h4-5,13,20H,6-11H2,1-3H3. The van der Waals surface area contributed by atoms with Gasteiger partial charge in [-0.3, -0.25) is 4.90 Å². The maximum Gasteiger partial charge on any atom is 0.225 e. The number of β-amino-alcohol motifs (C(OH)–C–C–N with tert-alkyl or cyclic N) is 1. The number of nitrogens with zero attached hydrogens (tertiary/aromatic N) is 5. The lowest BCUT2D eigenvalue weighted by molar-refractivity contribution is 0.0841. The van der Waals surface area contributed by atoms with Crippen molar-refractivity contribution in [3.05, 3.63) is 18.0 Å². The van der Waals surface area contributed by atoms with Gasteiger partial charge in [0.25, 0.3) is 0 Å². The van der Waals surface area contributed by atoms with Crippen molar-refractivity contribution in [1.82, 2.24) is 19.8 Å². The lowest BCUT2D eigenvalue weighted by Crippen LogP contribution is -2.48. The Morgan fingerprint density at radius 2 is 2.05 bits per heavy atom. The van der Waals surface area contributed by atoms with Gasteiger partial charge in [0, 0.05) is 58.2 Å². The van der Waals surface area contributed by atoms with Gasteiger partial charge in [-0.05, 0) is 20.0 Å². The predicted octanol–water partition coefficient (Wildman–Crippen LogP) is -0.170. The number of likely N-dealkylation sites (N-methyl/N-ethyl adjacent to an activating group) is 2. The van der Waals surface area contributed by atoms with Crippen molar-refractivity contribution in [1.29, 1.82) is 0 Å². The number of hydrogen-bond donors (Lipinski definition) is 1. The number of rotatable bonds is 5. The Morgan fingerprint density at radius 1 is 1.35 bits per heavy atom. The maximum atomic E-state index is 10.2. The van der Waals surface area contributed by atoms with Crippen molar-refractivity contribution in [2.45, 2.75) is 13.0 Å². The van der Waals surface area contributed by atoms with Crippen molar-refractivity contribution in [2.75, 3.05) is 58.3 Å². The normalized spacial score (nSPS) is 19.0. The highest BCUT2D eigenvalue weighted by Gasteiger charge is 2.18. The van der Waals surface area contributed by atoms with Crippen molar-refractivity contribution in [3.63, 3.8) is 0 Å².